The van der Waals surface area contributed by atoms with E-state index in [2.05, 4.69) is 25.5 Å². The number of fused-ring (bicyclic) bond motifs is 1. The Morgan fingerprint density at radius 1 is 1.17 bits per heavy atom. The smallest absolute Gasteiger partial charge is 0.277 e. The lowest BCUT2D eigenvalue weighted by Crippen LogP contribution is -2.33. The summed E-state index contributed by atoms with van der Waals surface area (Å²) >= 11 is 1.14. The van der Waals surface area contributed by atoms with Crippen molar-refractivity contribution in [1.82, 2.24) is 25.5 Å². The lowest BCUT2D eigenvalue weighted by Gasteiger charge is -2.20. The van der Waals surface area contributed by atoms with Crippen molar-refractivity contribution in [1.29, 1.82) is 0 Å². The fourth-order valence-corrected chi connectivity index (χ4v) is 3.56. The summed E-state index contributed by atoms with van der Waals surface area (Å²) in [5, 5.41) is 11.2. The lowest BCUT2D eigenvalue weighted by molar-refractivity contribution is -0.119. The summed E-state index contributed by atoms with van der Waals surface area (Å²) in [5.41, 5.74) is 2.41. The molecule has 0 unspecified atom stereocenters. The zero-order chi connectivity index (χ0) is 21.1. The van der Waals surface area contributed by atoms with E-state index in [9.17, 15) is 9.18 Å². The number of H-pyrrole nitrogens is 1. The van der Waals surface area contributed by atoms with Gasteiger partial charge in [-0.2, -0.15) is 0 Å². The molecule has 7 nitrogen and oxygen atoms in total. The van der Waals surface area contributed by atoms with Crippen molar-refractivity contribution in [3.63, 3.8) is 0 Å². The van der Waals surface area contributed by atoms with Crippen LogP contribution in [0.25, 0.3) is 22.5 Å². The molecule has 1 amide bonds. The number of amides is 1. The van der Waals surface area contributed by atoms with Crippen LogP contribution in [0.3, 0.4) is 0 Å². The van der Waals surface area contributed by atoms with Gasteiger partial charge in [0.05, 0.1) is 22.8 Å². The summed E-state index contributed by atoms with van der Waals surface area (Å²) < 4.78 is 18.6. The van der Waals surface area contributed by atoms with Crippen molar-refractivity contribution < 1.29 is 13.6 Å². The van der Waals surface area contributed by atoms with Crippen molar-refractivity contribution in [2.45, 2.75) is 25.1 Å². The van der Waals surface area contributed by atoms with Crippen LogP contribution in [0.1, 0.15) is 25.7 Å². The average molecular weight is 425 g/mol. The molecule has 2 heterocycles. The van der Waals surface area contributed by atoms with Gasteiger partial charge in [-0.1, -0.05) is 37.7 Å². The predicted molar refractivity (Wildman–Crippen MR) is 112 cm³/mol. The Hall–Kier alpha value is -3.20. The second-order valence-electron chi connectivity index (χ2n) is 7.10. The molecule has 0 aliphatic rings. The molecule has 0 fully saturated rings. The van der Waals surface area contributed by atoms with Gasteiger partial charge < -0.3 is 14.7 Å². The first kappa shape index (κ1) is 20.1. The molecular formula is C21H20FN5O2S. The van der Waals surface area contributed by atoms with Gasteiger partial charge in [0, 0.05) is 5.56 Å². The Balaban J connectivity index is 1.39. The van der Waals surface area contributed by atoms with Gasteiger partial charge in [-0.05, 0) is 42.3 Å². The Bertz CT molecular complexity index is 1120. The van der Waals surface area contributed by atoms with E-state index in [-0.39, 0.29) is 40.6 Å². The minimum absolute atomic E-state index is 0.120. The van der Waals surface area contributed by atoms with Crippen LogP contribution >= 0.6 is 11.8 Å². The number of carbonyl (C=O) groups is 1. The van der Waals surface area contributed by atoms with Gasteiger partial charge in [-0.15, -0.1) is 10.2 Å². The van der Waals surface area contributed by atoms with Gasteiger partial charge in [-0.25, -0.2) is 9.37 Å². The molecule has 0 bridgehead atoms. The molecule has 0 spiro atoms. The van der Waals surface area contributed by atoms with Gasteiger partial charge in [0.2, 0.25) is 11.8 Å². The number of hydrogen-bond donors (Lipinski definition) is 2. The van der Waals surface area contributed by atoms with Gasteiger partial charge >= 0.3 is 0 Å². The zero-order valence-corrected chi connectivity index (χ0v) is 17.2. The molecule has 2 aromatic heterocycles. The summed E-state index contributed by atoms with van der Waals surface area (Å²) in [4.78, 5) is 20.4. The number of nitrogens with zero attached hydrogens (tertiary/aromatic N) is 3. The van der Waals surface area contributed by atoms with Gasteiger partial charge in [-0.3, -0.25) is 4.79 Å². The summed E-state index contributed by atoms with van der Waals surface area (Å²) in [6, 6.07) is 13.3. The fourth-order valence-electron chi connectivity index (χ4n) is 2.99. The molecule has 30 heavy (non-hydrogen) atoms. The topological polar surface area (TPSA) is 96.7 Å². The summed E-state index contributed by atoms with van der Waals surface area (Å²) in [5.74, 6) is 0.762. The normalized spacial score (nSPS) is 12.4. The first-order valence-corrected chi connectivity index (χ1v) is 10.4. The van der Waals surface area contributed by atoms with Crippen molar-refractivity contribution in [3.8, 4) is 11.5 Å². The van der Waals surface area contributed by atoms with E-state index in [0.29, 0.717) is 5.56 Å². The van der Waals surface area contributed by atoms with E-state index >= 15 is 0 Å². The summed E-state index contributed by atoms with van der Waals surface area (Å²) in [6.07, 6.45) is 0. The number of nitrogens with one attached hydrogen (secondary N) is 2. The van der Waals surface area contributed by atoms with Crippen LogP contribution < -0.4 is 5.32 Å². The number of imidazole rings is 1. The number of aromatic amines is 1. The first-order chi connectivity index (χ1) is 14.5. The largest absolute Gasteiger partial charge is 0.411 e. The maximum Gasteiger partial charge on any atom is 0.277 e. The third-order valence-electron chi connectivity index (χ3n) is 4.51. The minimum atomic E-state index is -0.339. The molecule has 9 heteroatoms. The number of hydrogen-bond acceptors (Lipinski definition) is 6. The van der Waals surface area contributed by atoms with Crippen LogP contribution in [0.5, 0.6) is 0 Å². The molecular weight excluding hydrogens is 405 g/mol. The maximum atomic E-state index is 13.0. The van der Waals surface area contributed by atoms with Gasteiger partial charge in [0.25, 0.3) is 5.22 Å². The molecule has 154 valence electrons. The highest BCUT2D eigenvalue weighted by molar-refractivity contribution is 7.99. The van der Waals surface area contributed by atoms with E-state index in [4.69, 9.17) is 4.42 Å². The molecule has 0 aliphatic heterocycles. The summed E-state index contributed by atoms with van der Waals surface area (Å²) in [7, 11) is 0. The molecule has 1 atom stereocenters. The molecule has 4 rings (SSSR count). The Labute approximate surface area is 176 Å². The second kappa shape index (κ2) is 8.66. The maximum absolute atomic E-state index is 13.0. The third kappa shape index (κ3) is 4.51. The van der Waals surface area contributed by atoms with Crippen LogP contribution in [0.4, 0.5) is 4.39 Å². The number of halogens is 1. The Morgan fingerprint density at radius 2 is 1.93 bits per heavy atom. The van der Waals surface area contributed by atoms with Crippen LogP contribution in [0.2, 0.25) is 0 Å². The van der Waals surface area contributed by atoms with Gasteiger partial charge in [0.1, 0.15) is 11.6 Å². The number of benzene rings is 2. The lowest BCUT2D eigenvalue weighted by atomic mass is 10.0. The highest BCUT2D eigenvalue weighted by Crippen LogP contribution is 2.25. The number of carbonyl (C=O) groups excluding carboxylic acids is 1. The van der Waals surface area contributed by atoms with E-state index in [1.165, 1.54) is 12.1 Å². The monoisotopic (exact) mass is 425 g/mol. The first-order valence-electron chi connectivity index (χ1n) is 9.46. The molecule has 0 aliphatic carbocycles. The average Bonchev–Trinajstić information content (AvgIpc) is 3.37. The van der Waals surface area contributed by atoms with Crippen molar-refractivity contribution in [2.75, 3.05) is 5.75 Å². The van der Waals surface area contributed by atoms with Crippen LogP contribution in [-0.4, -0.2) is 31.8 Å². The molecule has 0 radical (unpaired) electrons. The van der Waals surface area contributed by atoms with Crippen molar-refractivity contribution in [3.05, 3.63) is 60.2 Å². The van der Waals surface area contributed by atoms with Crippen molar-refractivity contribution >= 4 is 28.7 Å². The number of thioether (sulfide) groups is 1. The number of para-hydroxylation sites is 2. The Morgan fingerprint density at radius 3 is 2.67 bits per heavy atom. The SMILES string of the molecule is CC(C)[C@@H](NC(=O)CSc1nnc(-c2ccc(F)cc2)o1)c1nc2ccccc2[nH]1. The number of rotatable bonds is 7. The highest BCUT2D eigenvalue weighted by atomic mass is 32.2. The highest BCUT2D eigenvalue weighted by Gasteiger charge is 2.22. The fraction of sp³-hybridized carbons (Fsp3) is 0.238. The minimum Gasteiger partial charge on any atom is -0.411 e. The van der Waals surface area contributed by atoms with Crippen LogP contribution in [-0.2, 0) is 4.79 Å². The molecule has 0 saturated heterocycles. The molecule has 2 aromatic carbocycles. The standard InChI is InChI=1S/C21H20FN5O2S/c1-12(2)18(19-23-15-5-3-4-6-16(15)24-19)25-17(28)11-30-21-27-26-20(29-21)13-7-9-14(22)10-8-13/h3-10,12,18H,11H2,1-2H3,(H,23,24)(H,25,28)/t18-/m1/s1. The van der Waals surface area contributed by atoms with E-state index in [1.807, 2.05) is 38.1 Å². The quantitative estimate of drug-likeness (QED) is 0.427. The van der Waals surface area contributed by atoms with E-state index < -0.39 is 0 Å². The number of aromatic nitrogens is 4. The summed E-state index contributed by atoms with van der Waals surface area (Å²) in [6.45, 7) is 4.05. The molecule has 4 aromatic rings. The van der Waals surface area contributed by atoms with Crippen molar-refractivity contribution in [2.24, 2.45) is 5.92 Å². The molecule has 2 N–H and O–H groups in total. The van der Waals surface area contributed by atoms with E-state index in [0.717, 1.165) is 28.6 Å². The molecule has 0 saturated carbocycles. The van der Waals surface area contributed by atoms with Crippen LogP contribution in [0, 0.1) is 11.7 Å². The second-order valence-corrected chi connectivity index (χ2v) is 8.02. The zero-order valence-electron chi connectivity index (χ0n) is 16.4. The van der Waals surface area contributed by atoms with E-state index in [1.54, 1.807) is 12.1 Å². The van der Waals surface area contributed by atoms with Crippen LogP contribution in [0.15, 0.2) is 58.2 Å². The Kier molecular flexibility index (Phi) is 5.80. The van der Waals surface area contributed by atoms with Gasteiger partial charge in [0.15, 0.2) is 0 Å². The third-order valence-corrected chi connectivity index (χ3v) is 5.33. The predicted octanol–water partition coefficient (Wildman–Crippen LogP) is 4.36.